The van der Waals surface area contributed by atoms with Gasteiger partial charge in [-0.2, -0.15) is 0 Å². The molecule has 1 N–H and O–H groups in total. The van der Waals surface area contributed by atoms with Crippen molar-refractivity contribution in [1.82, 2.24) is 4.90 Å². The number of likely N-dealkylation sites (tertiary alicyclic amines) is 1. The van der Waals surface area contributed by atoms with Gasteiger partial charge in [-0.05, 0) is 78.1 Å². The van der Waals surface area contributed by atoms with Gasteiger partial charge in [-0.15, -0.1) is 0 Å². The van der Waals surface area contributed by atoms with Crippen molar-refractivity contribution in [1.29, 1.82) is 0 Å². The summed E-state index contributed by atoms with van der Waals surface area (Å²) in [7, 11) is 0. The van der Waals surface area contributed by atoms with E-state index in [-0.39, 0.29) is 24.1 Å². The number of nitrogens with zero attached hydrogens (tertiary/aromatic N) is 1. The molecule has 5 rings (SSSR count). The highest BCUT2D eigenvalue weighted by Crippen LogP contribution is 2.42. The molecule has 1 atom stereocenters. The second kappa shape index (κ2) is 11.2. The number of aromatic hydroxyl groups is 1. The number of benzene rings is 3. The topological polar surface area (TPSA) is 32.7 Å². The van der Waals surface area contributed by atoms with Crippen LogP contribution in [0.5, 0.6) is 11.5 Å². The van der Waals surface area contributed by atoms with Crippen LogP contribution in [0.2, 0.25) is 0 Å². The Bertz CT molecular complexity index is 1280. The van der Waals surface area contributed by atoms with Gasteiger partial charge < -0.3 is 9.84 Å². The number of allylic oxidation sites excluding steroid dienone is 1. The zero-order chi connectivity index (χ0) is 26.7. The molecule has 1 heterocycles. The second-order valence-corrected chi connectivity index (χ2v) is 10.4. The zero-order valence-electron chi connectivity index (χ0n) is 21.7. The number of rotatable bonds is 8. The number of phenolic OH excluding ortho intramolecular Hbond substituents is 1. The van der Waals surface area contributed by atoms with Crippen LogP contribution in [0, 0.1) is 0 Å². The summed E-state index contributed by atoms with van der Waals surface area (Å²) >= 11 is 0. The molecule has 0 spiro atoms. The fourth-order valence-corrected chi connectivity index (χ4v) is 5.59. The molecule has 3 aromatic carbocycles. The van der Waals surface area contributed by atoms with Crippen molar-refractivity contribution in [2.75, 3.05) is 26.3 Å². The lowest BCUT2D eigenvalue weighted by atomic mass is 9.87. The van der Waals surface area contributed by atoms with Crippen LogP contribution in [0.4, 0.5) is 13.2 Å². The molecule has 1 saturated heterocycles. The molecule has 1 aliphatic heterocycles. The van der Waals surface area contributed by atoms with E-state index in [9.17, 15) is 18.3 Å². The molecule has 200 valence electrons. The summed E-state index contributed by atoms with van der Waals surface area (Å²) in [5, 5.41) is 10.8. The third-order valence-electron chi connectivity index (χ3n) is 7.55. The SMILES string of the molecule is CC(F)(F)c1ccc(-c2c(O)ccc3c2CCCC=C3c2ccc(O[C@H]3CCN(CCCF)C3)cc2)cc1. The highest BCUT2D eigenvalue weighted by Gasteiger charge is 2.26. The van der Waals surface area contributed by atoms with E-state index >= 15 is 0 Å². The van der Waals surface area contributed by atoms with Crippen LogP contribution in [0.3, 0.4) is 0 Å². The third-order valence-corrected chi connectivity index (χ3v) is 7.55. The van der Waals surface area contributed by atoms with E-state index in [1.165, 1.54) is 12.1 Å². The van der Waals surface area contributed by atoms with Gasteiger partial charge in [0.1, 0.15) is 17.6 Å². The summed E-state index contributed by atoms with van der Waals surface area (Å²) in [6, 6.07) is 18.0. The lowest BCUT2D eigenvalue weighted by molar-refractivity contribution is 0.0175. The maximum absolute atomic E-state index is 13.8. The van der Waals surface area contributed by atoms with Crippen LogP contribution in [0.25, 0.3) is 16.7 Å². The molecule has 0 aromatic heterocycles. The van der Waals surface area contributed by atoms with Crippen LogP contribution < -0.4 is 4.74 Å². The molecule has 6 heteroatoms. The minimum atomic E-state index is -2.91. The molecular formula is C32H34F3NO2. The molecule has 0 saturated carbocycles. The van der Waals surface area contributed by atoms with Gasteiger partial charge in [0.15, 0.2) is 0 Å². The lowest BCUT2D eigenvalue weighted by Crippen LogP contribution is -2.26. The summed E-state index contributed by atoms with van der Waals surface area (Å²) in [5.41, 5.74) is 5.64. The number of ether oxygens (including phenoxy) is 1. The molecule has 0 radical (unpaired) electrons. The van der Waals surface area contributed by atoms with Crippen molar-refractivity contribution in [3.8, 4) is 22.6 Å². The second-order valence-electron chi connectivity index (χ2n) is 10.4. The molecule has 1 aliphatic carbocycles. The summed E-state index contributed by atoms with van der Waals surface area (Å²) in [5.74, 6) is -1.94. The molecule has 1 fully saturated rings. The highest BCUT2D eigenvalue weighted by molar-refractivity contribution is 5.87. The first kappa shape index (κ1) is 26.4. The van der Waals surface area contributed by atoms with E-state index in [2.05, 4.69) is 23.1 Å². The molecule has 0 amide bonds. The van der Waals surface area contributed by atoms with E-state index in [1.807, 2.05) is 18.2 Å². The van der Waals surface area contributed by atoms with Crippen LogP contribution in [0.1, 0.15) is 54.9 Å². The van der Waals surface area contributed by atoms with Crippen LogP contribution in [-0.4, -0.2) is 42.4 Å². The molecule has 0 unspecified atom stereocenters. The Kier molecular flexibility index (Phi) is 7.80. The Morgan fingerprint density at radius 3 is 2.45 bits per heavy atom. The van der Waals surface area contributed by atoms with E-state index in [0.717, 1.165) is 85.8 Å². The molecule has 0 bridgehead atoms. The van der Waals surface area contributed by atoms with Crippen molar-refractivity contribution in [2.45, 2.75) is 51.1 Å². The largest absolute Gasteiger partial charge is 0.507 e. The van der Waals surface area contributed by atoms with E-state index < -0.39 is 5.92 Å². The molecule has 2 aliphatic rings. The Morgan fingerprint density at radius 2 is 1.74 bits per heavy atom. The first-order valence-electron chi connectivity index (χ1n) is 13.4. The average molecular weight is 522 g/mol. The number of hydrogen-bond donors (Lipinski definition) is 1. The number of fused-ring (bicyclic) bond motifs is 1. The number of hydrogen-bond acceptors (Lipinski definition) is 3. The first-order valence-corrected chi connectivity index (χ1v) is 13.4. The summed E-state index contributed by atoms with van der Waals surface area (Å²) in [6.45, 7) is 3.14. The number of alkyl halides is 3. The van der Waals surface area contributed by atoms with Crippen molar-refractivity contribution >= 4 is 5.57 Å². The maximum Gasteiger partial charge on any atom is 0.270 e. The van der Waals surface area contributed by atoms with Gasteiger partial charge in [-0.1, -0.05) is 48.5 Å². The summed E-state index contributed by atoms with van der Waals surface area (Å²) < 4.78 is 46.2. The van der Waals surface area contributed by atoms with Crippen LogP contribution >= 0.6 is 0 Å². The Balaban J connectivity index is 1.39. The normalized spacial score (nSPS) is 18.1. The fraction of sp³-hybridized carbons (Fsp3) is 0.375. The average Bonchev–Trinajstić information content (AvgIpc) is 3.24. The minimum absolute atomic E-state index is 0.0456. The van der Waals surface area contributed by atoms with Crippen LogP contribution in [0.15, 0.2) is 66.7 Å². The smallest absolute Gasteiger partial charge is 0.270 e. The van der Waals surface area contributed by atoms with Gasteiger partial charge in [-0.3, -0.25) is 9.29 Å². The highest BCUT2D eigenvalue weighted by atomic mass is 19.3. The monoisotopic (exact) mass is 521 g/mol. The predicted molar refractivity (Wildman–Crippen MR) is 146 cm³/mol. The van der Waals surface area contributed by atoms with Gasteiger partial charge in [-0.25, -0.2) is 8.78 Å². The zero-order valence-corrected chi connectivity index (χ0v) is 21.7. The molecule has 38 heavy (non-hydrogen) atoms. The predicted octanol–water partition coefficient (Wildman–Crippen LogP) is 7.75. The van der Waals surface area contributed by atoms with E-state index in [4.69, 9.17) is 4.74 Å². The van der Waals surface area contributed by atoms with E-state index in [1.54, 1.807) is 18.2 Å². The standard InChI is InChI=1S/C32H34F3NO2/c1-32(34,35)24-11-7-23(8-12-24)31-29-6-3-2-5-27(28(29)15-16-30(31)37)22-9-13-25(14-10-22)38-26-17-20-36(21-26)19-4-18-33/h5,7-16,26,37H,2-4,6,17-21H2,1H3/t26-/m0/s1. The quantitative estimate of drug-likeness (QED) is 0.329. The van der Waals surface area contributed by atoms with Crippen molar-refractivity contribution in [2.24, 2.45) is 0 Å². The van der Waals surface area contributed by atoms with Crippen LogP contribution in [-0.2, 0) is 12.3 Å². The van der Waals surface area contributed by atoms with Gasteiger partial charge in [0.2, 0.25) is 0 Å². The van der Waals surface area contributed by atoms with Gasteiger partial charge in [0.05, 0.1) is 6.67 Å². The molecule has 3 nitrogen and oxygen atoms in total. The Labute approximate surface area is 222 Å². The van der Waals surface area contributed by atoms with Crippen molar-refractivity contribution in [3.63, 3.8) is 0 Å². The van der Waals surface area contributed by atoms with E-state index in [0.29, 0.717) is 12.0 Å². The lowest BCUT2D eigenvalue weighted by Gasteiger charge is -2.19. The molecular weight excluding hydrogens is 487 g/mol. The number of halogens is 3. The maximum atomic E-state index is 13.8. The third kappa shape index (κ3) is 5.75. The first-order chi connectivity index (χ1) is 18.3. The van der Waals surface area contributed by atoms with Gasteiger partial charge in [0.25, 0.3) is 5.92 Å². The summed E-state index contributed by atoms with van der Waals surface area (Å²) in [6.07, 6.45) is 6.48. The summed E-state index contributed by atoms with van der Waals surface area (Å²) in [4.78, 5) is 2.25. The van der Waals surface area contributed by atoms with Gasteiger partial charge in [0, 0.05) is 37.7 Å². The Morgan fingerprint density at radius 1 is 1.00 bits per heavy atom. The van der Waals surface area contributed by atoms with Crippen molar-refractivity contribution in [3.05, 3.63) is 89.0 Å². The Hall–Kier alpha value is -3.25. The van der Waals surface area contributed by atoms with Gasteiger partial charge >= 0.3 is 0 Å². The molecule has 3 aromatic rings. The minimum Gasteiger partial charge on any atom is -0.507 e. The number of phenols is 1. The fourth-order valence-electron chi connectivity index (χ4n) is 5.59. The van der Waals surface area contributed by atoms with Crippen molar-refractivity contribution < 1.29 is 23.0 Å².